The maximum atomic E-state index is 13.8. The zero-order valence-corrected chi connectivity index (χ0v) is 12.6. The van der Waals surface area contributed by atoms with Crippen LogP contribution in [0, 0.1) is 11.7 Å². The fourth-order valence-corrected chi connectivity index (χ4v) is 3.71. The molecular weight excluding hydrogens is 267 g/mol. The third-order valence-corrected chi connectivity index (χ3v) is 4.73. The number of fused-ring (bicyclic) bond motifs is 4. The van der Waals surface area contributed by atoms with Crippen LogP contribution in [0.2, 0.25) is 0 Å². The summed E-state index contributed by atoms with van der Waals surface area (Å²) in [7, 11) is 0. The highest BCUT2D eigenvalue weighted by Gasteiger charge is 2.36. The Kier molecular flexibility index (Phi) is 4.24. The maximum absolute atomic E-state index is 13.8. The SMILES string of the molecule is CCCN1C[C@H]2CC[C@@H]1CN(C(=O)c1ccccc1F)C2. The van der Waals surface area contributed by atoms with E-state index in [0.29, 0.717) is 12.0 Å². The quantitative estimate of drug-likeness (QED) is 0.854. The monoisotopic (exact) mass is 290 g/mol. The van der Waals surface area contributed by atoms with Crippen molar-refractivity contribution >= 4 is 5.91 Å². The number of halogens is 1. The summed E-state index contributed by atoms with van der Waals surface area (Å²) in [6.45, 7) is 5.89. The summed E-state index contributed by atoms with van der Waals surface area (Å²) < 4.78 is 13.8. The lowest BCUT2D eigenvalue weighted by Crippen LogP contribution is -2.44. The molecule has 3 aliphatic rings. The highest BCUT2D eigenvalue weighted by Crippen LogP contribution is 2.29. The highest BCUT2D eigenvalue weighted by atomic mass is 19.1. The number of hydrogen-bond acceptors (Lipinski definition) is 2. The second-order valence-electron chi connectivity index (χ2n) is 6.28. The van der Waals surface area contributed by atoms with Gasteiger partial charge in [0, 0.05) is 25.7 Å². The van der Waals surface area contributed by atoms with Crippen molar-refractivity contribution in [1.29, 1.82) is 0 Å². The van der Waals surface area contributed by atoms with E-state index in [2.05, 4.69) is 11.8 Å². The summed E-state index contributed by atoms with van der Waals surface area (Å²) in [4.78, 5) is 17.0. The molecule has 2 bridgehead atoms. The second kappa shape index (κ2) is 6.14. The summed E-state index contributed by atoms with van der Waals surface area (Å²) in [6.07, 6.45) is 3.49. The molecule has 1 aromatic carbocycles. The smallest absolute Gasteiger partial charge is 0.256 e. The first kappa shape index (κ1) is 14.5. The number of benzene rings is 1. The van der Waals surface area contributed by atoms with Gasteiger partial charge in [0.15, 0.2) is 0 Å². The molecule has 2 atom stereocenters. The van der Waals surface area contributed by atoms with E-state index >= 15 is 0 Å². The predicted octanol–water partition coefficient (Wildman–Crippen LogP) is 2.77. The molecule has 0 spiro atoms. The lowest BCUT2D eigenvalue weighted by atomic mass is 9.95. The largest absolute Gasteiger partial charge is 0.337 e. The second-order valence-corrected chi connectivity index (χ2v) is 6.28. The molecule has 3 saturated heterocycles. The Morgan fingerprint density at radius 1 is 1.24 bits per heavy atom. The molecule has 0 aromatic heterocycles. The topological polar surface area (TPSA) is 23.6 Å². The lowest BCUT2D eigenvalue weighted by molar-refractivity contribution is 0.0733. The highest BCUT2D eigenvalue weighted by molar-refractivity contribution is 5.94. The summed E-state index contributed by atoms with van der Waals surface area (Å²) in [5.41, 5.74) is 0.209. The van der Waals surface area contributed by atoms with Gasteiger partial charge in [-0.2, -0.15) is 0 Å². The molecule has 0 saturated carbocycles. The average molecular weight is 290 g/mol. The molecule has 1 aromatic rings. The first-order valence-electron chi connectivity index (χ1n) is 7.97. The first-order chi connectivity index (χ1) is 10.2. The molecular formula is C17H23FN2O. The van der Waals surface area contributed by atoms with Crippen LogP contribution in [0.3, 0.4) is 0 Å². The molecule has 3 heterocycles. The van der Waals surface area contributed by atoms with Gasteiger partial charge in [0.25, 0.3) is 5.91 Å². The van der Waals surface area contributed by atoms with Crippen LogP contribution in [0.5, 0.6) is 0 Å². The van der Waals surface area contributed by atoms with Crippen LogP contribution in [0.25, 0.3) is 0 Å². The molecule has 0 N–H and O–H groups in total. The van der Waals surface area contributed by atoms with Crippen LogP contribution in [0.4, 0.5) is 4.39 Å². The maximum Gasteiger partial charge on any atom is 0.256 e. The van der Waals surface area contributed by atoms with Crippen LogP contribution in [-0.4, -0.2) is 47.9 Å². The molecule has 4 rings (SSSR count). The molecule has 114 valence electrons. The third-order valence-electron chi connectivity index (χ3n) is 4.73. The fourth-order valence-electron chi connectivity index (χ4n) is 3.71. The Bertz CT molecular complexity index is 519. The predicted molar refractivity (Wildman–Crippen MR) is 80.7 cm³/mol. The Labute approximate surface area is 125 Å². The Morgan fingerprint density at radius 2 is 2.05 bits per heavy atom. The van der Waals surface area contributed by atoms with E-state index in [9.17, 15) is 9.18 Å². The van der Waals surface area contributed by atoms with Gasteiger partial charge in [0.05, 0.1) is 5.56 Å². The van der Waals surface area contributed by atoms with Gasteiger partial charge in [-0.05, 0) is 43.9 Å². The van der Waals surface area contributed by atoms with Crippen LogP contribution in [-0.2, 0) is 0 Å². The lowest BCUT2D eigenvalue weighted by Gasteiger charge is -2.35. The van der Waals surface area contributed by atoms with Crippen molar-refractivity contribution in [3.8, 4) is 0 Å². The average Bonchev–Trinajstić information content (AvgIpc) is 2.79. The number of amides is 1. The molecule has 21 heavy (non-hydrogen) atoms. The van der Waals surface area contributed by atoms with E-state index in [-0.39, 0.29) is 11.5 Å². The van der Waals surface area contributed by atoms with Gasteiger partial charge < -0.3 is 4.90 Å². The summed E-state index contributed by atoms with van der Waals surface area (Å²) in [5.74, 6) is -0.0288. The minimum absolute atomic E-state index is 0.150. The van der Waals surface area contributed by atoms with E-state index in [0.717, 1.165) is 39.0 Å². The number of nitrogens with zero attached hydrogens (tertiary/aromatic N) is 2. The molecule has 1 amide bonds. The van der Waals surface area contributed by atoms with Crippen molar-refractivity contribution in [2.75, 3.05) is 26.2 Å². The normalized spacial score (nSPS) is 25.9. The fraction of sp³-hybridized carbons (Fsp3) is 0.588. The van der Waals surface area contributed by atoms with E-state index < -0.39 is 5.82 Å². The number of hydrogen-bond donors (Lipinski definition) is 0. The van der Waals surface area contributed by atoms with Gasteiger partial charge >= 0.3 is 0 Å². The van der Waals surface area contributed by atoms with Gasteiger partial charge in [0.1, 0.15) is 5.82 Å². The molecule has 0 aliphatic carbocycles. The number of carbonyl (C=O) groups is 1. The van der Waals surface area contributed by atoms with Gasteiger partial charge in [0.2, 0.25) is 0 Å². The summed E-state index contributed by atoms with van der Waals surface area (Å²) in [6, 6.07) is 6.75. The molecule has 3 nitrogen and oxygen atoms in total. The zero-order valence-electron chi connectivity index (χ0n) is 12.6. The molecule has 0 radical (unpaired) electrons. The minimum atomic E-state index is -0.412. The zero-order chi connectivity index (χ0) is 14.8. The minimum Gasteiger partial charge on any atom is -0.337 e. The Hall–Kier alpha value is -1.42. The standard InChI is InChI=1S/C17H23FN2O/c1-2-9-19-10-13-7-8-14(19)12-20(11-13)17(21)15-5-3-4-6-16(15)18/h3-6,13-14H,2,7-12H2,1H3/t13-,14-/m1/s1. The van der Waals surface area contributed by atoms with E-state index in [1.165, 1.54) is 12.5 Å². The van der Waals surface area contributed by atoms with Crippen molar-refractivity contribution in [2.24, 2.45) is 5.92 Å². The Balaban J connectivity index is 1.78. The van der Waals surface area contributed by atoms with Crippen molar-refractivity contribution in [1.82, 2.24) is 9.80 Å². The van der Waals surface area contributed by atoms with Crippen molar-refractivity contribution in [2.45, 2.75) is 32.2 Å². The molecule has 3 aliphatic heterocycles. The van der Waals surface area contributed by atoms with Crippen LogP contribution >= 0.6 is 0 Å². The number of piperidine rings is 1. The molecule has 4 heteroatoms. The van der Waals surface area contributed by atoms with Gasteiger partial charge in [-0.1, -0.05) is 19.1 Å². The van der Waals surface area contributed by atoms with Crippen molar-refractivity contribution in [3.63, 3.8) is 0 Å². The molecule has 0 unspecified atom stereocenters. The van der Waals surface area contributed by atoms with Gasteiger partial charge in [-0.15, -0.1) is 0 Å². The van der Waals surface area contributed by atoms with Crippen LogP contribution in [0.15, 0.2) is 24.3 Å². The molecule has 3 fully saturated rings. The summed E-state index contributed by atoms with van der Waals surface area (Å²) >= 11 is 0. The van der Waals surface area contributed by atoms with Gasteiger partial charge in [-0.25, -0.2) is 4.39 Å². The number of carbonyl (C=O) groups excluding carboxylic acids is 1. The van der Waals surface area contributed by atoms with E-state index in [4.69, 9.17) is 0 Å². The van der Waals surface area contributed by atoms with Crippen LogP contribution < -0.4 is 0 Å². The summed E-state index contributed by atoms with van der Waals surface area (Å²) in [5, 5.41) is 0. The van der Waals surface area contributed by atoms with Gasteiger partial charge in [-0.3, -0.25) is 9.69 Å². The van der Waals surface area contributed by atoms with E-state index in [1.54, 1.807) is 18.2 Å². The Morgan fingerprint density at radius 3 is 2.81 bits per heavy atom. The first-order valence-corrected chi connectivity index (χ1v) is 7.97. The van der Waals surface area contributed by atoms with Crippen molar-refractivity contribution in [3.05, 3.63) is 35.6 Å². The number of rotatable bonds is 3. The van der Waals surface area contributed by atoms with Crippen LogP contribution in [0.1, 0.15) is 36.5 Å². The third kappa shape index (κ3) is 2.95. The van der Waals surface area contributed by atoms with E-state index in [1.807, 2.05) is 4.90 Å². The van der Waals surface area contributed by atoms with Crippen molar-refractivity contribution < 1.29 is 9.18 Å².